The highest BCUT2D eigenvalue weighted by Crippen LogP contribution is 2.16. The third-order valence-corrected chi connectivity index (χ3v) is 2.81. The standard InChI is InChI=1S/C13H19ClN2O4/c1-19-8-9-20-7-3-2-6-15-11-5-4-10(14)12(16-11)13(17)18/h4-5H,2-3,6-9H2,1H3,(H,15,16)(H,17,18). The number of hydrogen-bond donors (Lipinski definition) is 2. The summed E-state index contributed by atoms with van der Waals surface area (Å²) in [5.74, 6) is -0.628. The topological polar surface area (TPSA) is 80.7 Å². The summed E-state index contributed by atoms with van der Waals surface area (Å²) < 4.78 is 10.2. The van der Waals surface area contributed by atoms with E-state index in [1.165, 1.54) is 6.07 Å². The van der Waals surface area contributed by atoms with E-state index < -0.39 is 5.97 Å². The van der Waals surface area contributed by atoms with E-state index in [0.717, 1.165) is 12.8 Å². The van der Waals surface area contributed by atoms with E-state index in [2.05, 4.69) is 10.3 Å². The van der Waals surface area contributed by atoms with Gasteiger partial charge in [-0.25, -0.2) is 9.78 Å². The minimum atomic E-state index is -1.13. The first kappa shape index (κ1) is 16.7. The van der Waals surface area contributed by atoms with Crippen molar-refractivity contribution in [1.29, 1.82) is 0 Å². The van der Waals surface area contributed by atoms with Crippen molar-refractivity contribution >= 4 is 23.4 Å². The number of nitrogens with zero attached hydrogens (tertiary/aromatic N) is 1. The average Bonchev–Trinajstić information content (AvgIpc) is 2.43. The van der Waals surface area contributed by atoms with E-state index in [4.69, 9.17) is 26.2 Å². The molecule has 6 nitrogen and oxygen atoms in total. The Kier molecular flexibility index (Phi) is 7.94. The Morgan fingerprint density at radius 2 is 2.15 bits per heavy atom. The second-order valence-corrected chi connectivity index (χ2v) is 4.48. The average molecular weight is 303 g/mol. The maximum absolute atomic E-state index is 10.9. The third-order valence-electron chi connectivity index (χ3n) is 2.50. The van der Waals surface area contributed by atoms with E-state index >= 15 is 0 Å². The number of carbonyl (C=O) groups is 1. The van der Waals surface area contributed by atoms with E-state index in [0.29, 0.717) is 32.2 Å². The van der Waals surface area contributed by atoms with Gasteiger partial charge in [-0.3, -0.25) is 0 Å². The molecular formula is C13H19ClN2O4. The lowest BCUT2D eigenvalue weighted by Gasteiger charge is -2.07. The molecule has 112 valence electrons. The summed E-state index contributed by atoms with van der Waals surface area (Å²) in [6.07, 6.45) is 1.82. The van der Waals surface area contributed by atoms with Gasteiger partial charge < -0.3 is 19.9 Å². The van der Waals surface area contributed by atoms with Crippen LogP contribution in [0.4, 0.5) is 5.82 Å². The molecule has 0 amide bonds. The quantitative estimate of drug-likeness (QED) is 0.645. The lowest BCUT2D eigenvalue weighted by molar-refractivity contribution is 0.0691. The number of anilines is 1. The predicted molar refractivity (Wildman–Crippen MR) is 76.6 cm³/mol. The number of nitrogens with one attached hydrogen (secondary N) is 1. The van der Waals surface area contributed by atoms with Gasteiger partial charge in [0.25, 0.3) is 0 Å². The van der Waals surface area contributed by atoms with Crippen molar-refractivity contribution in [1.82, 2.24) is 4.98 Å². The number of carboxylic acids is 1. The molecule has 1 heterocycles. The molecule has 0 unspecified atom stereocenters. The van der Waals surface area contributed by atoms with Gasteiger partial charge in [-0.1, -0.05) is 11.6 Å². The van der Waals surface area contributed by atoms with Crippen LogP contribution in [-0.4, -0.2) is 49.5 Å². The molecule has 0 aromatic carbocycles. The fraction of sp³-hybridized carbons (Fsp3) is 0.538. The molecule has 0 fully saturated rings. The van der Waals surface area contributed by atoms with E-state index in [9.17, 15) is 4.79 Å². The Morgan fingerprint density at radius 1 is 1.35 bits per heavy atom. The van der Waals surface area contributed by atoms with Gasteiger partial charge in [-0.05, 0) is 25.0 Å². The van der Waals surface area contributed by atoms with Crippen LogP contribution in [-0.2, 0) is 9.47 Å². The minimum absolute atomic E-state index is 0.134. The molecule has 0 aliphatic rings. The van der Waals surface area contributed by atoms with Crippen LogP contribution in [0.5, 0.6) is 0 Å². The van der Waals surface area contributed by atoms with Crippen LogP contribution >= 0.6 is 11.6 Å². The smallest absolute Gasteiger partial charge is 0.356 e. The molecule has 0 radical (unpaired) electrons. The predicted octanol–water partition coefficient (Wildman–Crippen LogP) is 2.29. The number of rotatable bonds is 10. The summed E-state index contributed by atoms with van der Waals surface area (Å²) in [5.41, 5.74) is -0.139. The molecule has 0 saturated carbocycles. The van der Waals surface area contributed by atoms with Gasteiger partial charge in [0.05, 0.1) is 18.2 Å². The number of pyridine rings is 1. The first-order valence-electron chi connectivity index (χ1n) is 6.35. The van der Waals surface area contributed by atoms with Gasteiger partial charge in [0.1, 0.15) is 5.82 Å². The Labute approximate surface area is 123 Å². The second-order valence-electron chi connectivity index (χ2n) is 4.07. The van der Waals surface area contributed by atoms with Gasteiger partial charge in [-0.15, -0.1) is 0 Å². The van der Waals surface area contributed by atoms with E-state index in [1.807, 2.05) is 0 Å². The van der Waals surface area contributed by atoms with Gasteiger partial charge in [0.15, 0.2) is 5.69 Å². The second kappa shape index (κ2) is 9.52. The lowest BCUT2D eigenvalue weighted by atomic mass is 10.3. The van der Waals surface area contributed by atoms with E-state index in [-0.39, 0.29) is 10.7 Å². The molecule has 1 aromatic rings. The number of unbranched alkanes of at least 4 members (excludes halogenated alkanes) is 1. The summed E-state index contributed by atoms with van der Waals surface area (Å²) in [4.78, 5) is 14.8. The Morgan fingerprint density at radius 3 is 2.85 bits per heavy atom. The number of hydrogen-bond acceptors (Lipinski definition) is 5. The zero-order valence-corrected chi connectivity index (χ0v) is 12.2. The van der Waals surface area contributed by atoms with Crippen LogP contribution in [0.2, 0.25) is 5.02 Å². The Bertz CT molecular complexity index is 429. The molecule has 0 aliphatic carbocycles. The SMILES string of the molecule is COCCOCCCCNc1ccc(Cl)c(C(=O)O)n1. The normalized spacial score (nSPS) is 10.5. The van der Waals surface area contributed by atoms with Gasteiger partial charge in [-0.2, -0.15) is 0 Å². The summed E-state index contributed by atoms with van der Waals surface area (Å²) in [5, 5.41) is 12.1. The number of halogens is 1. The van der Waals surface area contributed by atoms with Gasteiger partial charge in [0, 0.05) is 20.3 Å². The number of methoxy groups -OCH3 is 1. The monoisotopic (exact) mass is 302 g/mol. The van der Waals surface area contributed by atoms with Crippen LogP contribution in [0.25, 0.3) is 0 Å². The number of aromatic carboxylic acids is 1. The summed E-state index contributed by atoms with van der Waals surface area (Å²) >= 11 is 5.74. The molecule has 0 atom stereocenters. The minimum Gasteiger partial charge on any atom is -0.476 e. The van der Waals surface area contributed by atoms with Gasteiger partial charge >= 0.3 is 5.97 Å². The molecule has 0 saturated heterocycles. The third kappa shape index (κ3) is 6.18. The molecule has 1 rings (SSSR count). The fourth-order valence-electron chi connectivity index (χ4n) is 1.48. The summed E-state index contributed by atoms with van der Waals surface area (Å²) in [6.45, 7) is 2.58. The largest absolute Gasteiger partial charge is 0.476 e. The molecule has 0 bridgehead atoms. The molecular weight excluding hydrogens is 284 g/mol. The van der Waals surface area contributed by atoms with Crippen molar-refractivity contribution in [3.8, 4) is 0 Å². The Hall–Kier alpha value is -1.37. The first-order valence-corrected chi connectivity index (χ1v) is 6.73. The zero-order chi connectivity index (χ0) is 14.8. The lowest BCUT2D eigenvalue weighted by Crippen LogP contribution is -2.09. The van der Waals surface area contributed by atoms with Crippen molar-refractivity contribution in [3.63, 3.8) is 0 Å². The van der Waals surface area contributed by atoms with Crippen molar-refractivity contribution in [2.24, 2.45) is 0 Å². The van der Waals surface area contributed by atoms with Crippen LogP contribution in [0.1, 0.15) is 23.3 Å². The Balaban J connectivity index is 2.22. The molecule has 20 heavy (non-hydrogen) atoms. The number of carboxylic acid groups (broad SMARTS) is 1. The highest BCUT2D eigenvalue weighted by Gasteiger charge is 2.10. The number of aromatic nitrogens is 1. The van der Waals surface area contributed by atoms with Crippen molar-refractivity contribution < 1.29 is 19.4 Å². The van der Waals surface area contributed by atoms with Crippen molar-refractivity contribution in [2.75, 3.05) is 38.8 Å². The van der Waals surface area contributed by atoms with Crippen LogP contribution < -0.4 is 5.32 Å². The van der Waals surface area contributed by atoms with Crippen LogP contribution in [0.15, 0.2) is 12.1 Å². The van der Waals surface area contributed by atoms with Crippen LogP contribution in [0, 0.1) is 0 Å². The van der Waals surface area contributed by atoms with Crippen molar-refractivity contribution in [2.45, 2.75) is 12.8 Å². The first-order chi connectivity index (χ1) is 9.65. The molecule has 1 aromatic heterocycles. The highest BCUT2D eigenvalue weighted by molar-refractivity contribution is 6.33. The molecule has 0 aliphatic heterocycles. The molecule has 7 heteroatoms. The maximum Gasteiger partial charge on any atom is 0.356 e. The summed E-state index contributed by atoms with van der Waals surface area (Å²) in [6, 6.07) is 3.18. The number of ether oxygens (including phenoxy) is 2. The maximum atomic E-state index is 10.9. The van der Waals surface area contributed by atoms with Crippen LogP contribution in [0.3, 0.4) is 0 Å². The molecule has 0 spiro atoms. The van der Waals surface area contributed by atoms with Crippen molar-refractivity contribution in [3.05, 3.63) is 22.8 Å². The summed E-state index contributed by atoms with van der Waals surface area (Å²) in [7, 11) is 1.64. The van der Waals surface area contributed by atoms with Gasteiger partial charge in [0.2, 0.25) is 0 Å². The zero-order valence-electron chi connectivity index (χ0n) is 11.4. The fourth-order valence-corrected chi connectivity index (χ4v) is 1.67. The highest BCUT2D eigenvalue weighted by atomic mass is 35.5. The molecule has 2 N–H and O–H groups in total. The van der Waals surface area contributed by atoms with E-state index in [1.54, 1.807) is 13.2 Å².